The molecule has 5 heteroatoms. The molecule has 0 saturated carbocycles. The summed E-state index contributed by atoms with van der Waals surface area (Å²) in [4.78, 5) is 4.34. The third-order valence-electron chi connectivity index (χ3n) is 1.44. The lowest BCUT2D eigenvalue weighted by Crippen LogP contribution is -1.75. The van der Waals surface area contributed by atoms with Crippen molar-refractivity contribution in [1.82, 2.24) is 10.1 Å². The quantitative estimate of drug-likeness (QED) is 0.733. The third kappa shape index (κ3) is 2.32. The van der Waals surface area contributed by atoms with E-state index in [1.807, 2.05) is 6.92 Å². The normalized spacial score (nSPS) is 10.5. The zero-order valence-electron chi connectivity index (χ0n) is 7.06. The molecule has 13 heavy (non-hydrogen) atoms. The fourth-order valence-corrected chi connectivity index (χ4v) is 2.60. The molecule has 0 aliphatic rings. The number of hydrogen-bond donors (Lipinski definition) is 0. The van der Waals surface area contributed by atoms with Crippen LogP contribution in [-0.2, 0) is 5.75 Å². The second-order valence-electron chi connectivity index (χ2n) is 2.58. The van der Waals surface area contributed by atoms with Gasteiger partial charge in [0.15, 0.2) is 0 Å². The fourth-order valence-electron chi connectivity index (χ4n) is 0.842. The molecule has 0 bridgehead atoms. The minimum Gasteiger partial charge on any atom is -0.364 e. The Morgan fingerprint density at radius 3 is 3.15 bits per heavy atom. The highest BCUT2D eigenvalue weighted by Gasteiger charge is 2.01. The number of thiazole rings is 1. The Morgan fingerprint density at radius 1 is 1.62 bits per heavy atom. The van der Waals surface area contributed by atoms with E-state index in [0.717, 1.165) is 21.3 Å². The van der Waals surface area contributed by atoms with E-state index < -0.39 is 0 Å². The highest BCUT2D eigenvalue weighted by Crippen LogP contribution is 2.25. The molecule has 0 radical (unpaired) electrons. The van der Waals surface area contributed by atoms with Gasteiger partial charge in [-0.05, 0) is 6.92 Å². The second kappa shape index (κ2) is 3.93. The van der Waals surface area contributed by atoms with Crippen LogP contribution in [0, 0.1) is 6.92 Å². The molecule has 0 aliphatic heterocycles. The van der Waals surface area contributed by atoms with Gasteiger partial charge in [-0.2, -0.15) is 0 Å². The average Bonchev–Trinajstić information content (AvgIpc) is 2.71. The highest BCUT2D eigenvalue weighted by atomic mass is 32.2. The first-order chi connectivity index (χ1) is 6.34. The van der Waals surface area contributed by atoms with E-state index in [1.165, 1.54) is 0 Å². The standard InChI is InChI=1S/C8H8N2OS2/c1-6-4-12-8(10-6)13-5-7-2-9-11-3-7/h2-4H,5H2,1H3. The molecule has 0 unspecified atom stereocenters. The Balaban J connectivity index is 1.93. The van der Waals surface area contributed by atoms with Crippen LogP contribution in [0.5, 0.6) is 0 Å². The summed E-state index contributed by atoms with van der Waals surface area (Å²) in [6.45, 7) is 2.00. The van der Waals surface area contributed by atoms with Gasteiger partial charge in [-0.3, -0.25) is 0 Å². The van der Waals surface area contributed by atoms with Gasteiger partial charge in [-0.25, -0.2) is 4.98 Å². The van der Waals surface area contributed by atoms with Crippen molar-refractivity contribution in [2.45, 2.75) is 17.0 Å². The summed E-state index contributed by atoms with van der Waals surface area (Å²) in [5.41, 5.74) is 2.18. The van der Waals surface area contributed by atoms with Crippen molar-refractivity contribution in [3.8, 4) is 0 Å². The topological polar surface area (TPSA) is 38.9 Å². The first-order valence-electron chi connectivity index (χ1n) is 3.78. The zero-order valence-corrected chi connectivity index (χ0v) is 8.69. The van der Waals surface area contributed by atoms with Crippen LogP contribution < -0.4 is 0 Å². The van der Waals surface area contributed by atoms with E-state index in [1.54, 1.807) is 35.6 Å². The Labute approximate surface area is 84.2 Å². The summed E-state index contributed by atoms with van der Waals surface area (Å²) in [5.74, 6) is 0.871. The molecule has 0 spiro atoms. The molecule has 2 heterocycles. The number of rotatable bonds is 3. The summed E-state index contributed by atoms with van der Waals surface area (Å²) >= 11 is 3.38. The molecule has 0 fully saturated rings. The second-order valence-corrected chi connectivity index (χ2v) is 4.66. The van der Waals surface area contributed by atoms with Gasteiger partial charge in [0.25, 0.3) is 0 Å². The smallest absolute Gasteiger partial charge is 0.150 e. The Hall–Kier alpha value is -0.810. The van der Waals surface area contributed by atoms with Gasteiger partial charge < -0.3 is 4.52 Å². The molecule has 0 N–H and O–H groups in total. The lowest BCUT2D eigenvalue weighted by atomic mass is 10.4. The maximum absolute atomic E-state index is 4.73. The number of aryl methyl sites for hydroxylation is 1. The third-order valence-corrected chi connectivity index (χ3v) is 3.65. The minimum atomic E-state index is 0.871. The molecule has 0 amide bonds. The van der Waals surface area contributed by atoms with Gasteiger partial charge in [0.2, 0.25) is 0 Å². The van der Waals surface area contributed by atoms with Crippen molar-refractivity contribution in [2.24, 2.45) is 0 Å². The van der Waals surface area contributed by atoms with E-state index >= 15 is 0 Å². The van der Waals surface area contributed by atoms with Crippen LogP contribution in [0.15, 0.2) is 26.7 Å². The van der Waals surface area contributed by atoms with Crippen molar-refractivity contribution < 1.29 is 4.52 Å². The van der Waals surface area contributed by atoms with Gasteiger partial charge in [0.05, 0.1) is 6.20 Å². The van der Waals surface area contributed by atoms with Crippen LogP contribution >= 0.6 is 23.1 Å². The zero-order chi connectivity index (χ0) is 9.10. The van der Waals surface area contributed by atoms with Crippen molar-refractivity contribution >= 4 is 23.1 Å². The van der Waals surface area contributed by atoms with Crippen LogP contribution in [-0.4, -0.2) is 10.1 Å². The fraction of sp³-hybridized carbons (Fsp3) is 0.250. The van der Waals surface area contributed by atoms with Crippen LogP contribution in [0.25, 0.3) is 0 Å². The average molecular weight is 212 g/mol. The maximum atomic E-state index is 4.73. The first kappa shape index (κ1) is 8.77. The van der Waals surface area contributed by atoms with E-state index in [2.05, 4.69) is 15.5 Å². The predicted octanol–water partition coefficient (Wildman–Crippen LogP) is 2.73. The lowest BCUT2D eigenvalue weighted by Gasteiger charge is -1.91. The van der Waals surface area contributed by atoms with E-state index in [-0.39, 0.29) is 0 Å². The minimum absolute atomic E-state index is 0.871. The SMILES string of the molecule is Cc1csc(SCc2cnoc2)n1. The molecule has 0 atom stereocenters. The predicted molar refractivity (Wildman–Crippen MR) is 52.9 cm³/mol. The number of aromatic nitrogens is 2. The Kier molecular flexibility index (Phi) is 2.65. The largest absolute Gasteiger partial charge is 0.364 e. The van der Waals surface area contributed by atoms with Crippen molar-refractivity contribution in [1.29, 1.82) is 0 Å². The van der Waals surface area contributed by atoms with E-state index in [9.17, 15) is 0 Å². The van der Waals surface area contributed by atoms with Crippen LogP contribution in [0.3, 0.4) is 0 Å². The maximum Gasteiger partial charge on any atom is 0.150 e. The van der Waals surface area contributed by atoms with Gasteiger partial charge in [-0.1, -0.05) is 16.9 Å². The molecular formula is C8H8N2OS2. The van der Waals surface area contributed by atoms with Crippen LogP contribution in [0.2, 0.25) is 0 Å². The van der Waals surface area contributed by atoms with E-state index in [0.29, 0.717) is 0 Å². The molecule has 2 aromatic rings. The van der Waals surface area contributed by atoms with Gasteiger partial charge in [0.1, 0.15) is 10.6 Å². The molecule has 2 rings (SSSR count). The van der Waals surface area contributed by atoms with Crippen molar-refractivity contribution in [3.05, 3.63) is 29.1 Å². The van der Waals surface area contributed by atoms with E-state index in [4.69, 9.17) is 4.52 Å². The van der Waals surface area contributed by atoms with Crippen LogP contribution in [0.1, 0.15) is 11.3 Å². The Bertz CT molecular complexity index is 369. The number of thioether (sulfide) groups is 1. The molecule has 0 aromatic carbocycles. The molecular weight excluding hydrogens is 204 g/mol. The Morgan fingerprint density at radius 2 is 2.54 bits per heavy atom. The summed E-state index contributed by atoms with van der Waals surface area (Å²) < 4.78 is 5.82. The number of hydrogen-bond acceptors (Lipinski definition) is 5. The summed E-state index contributed by atoms with van der Waals surface area (Å²) in [5, 5.41) is 5.69. The summed E-state index contributed by atoms with van der Waals surface area (Å²) in [6.07, 6.45) is 3.39. The van der Waals surface area contributed by atoms with Crippen molar-refractivity contribution in [2.75, 3.05) is 0 Å². The van der Waals surface area contributed by atoms with Gasteiger partial charge in [-0.15, -0.1) is 11.3 Å². The molecule has 3 nitrogen and oxygen atoms in total. The first-order valence-corrected chi connectivity index (χ1v) is 5.64. The summed E-state index contributed by atoms with van der Waals surface area (Å²) in [6, 6.07) is 0. The molecule has 0 aliphatic carbocycles. The van der Waals surface area contributed by atoms with Gasteiger partial charge >= 0.3 is 0 Å². The lowest BCUT2D eigenvalue weighted by molar-refractivity contribution is 0.419. The molecule has 0 saturated heterocycles. The highest BCUT2D eigenvalue weighted by molar-refractivity contribution is 8.00. The van der Waals surface area contributed by atoms with Gasteiger partial charge in [0, 0.05) is 22.4 Å². The van der Waals surface area contributed by atoms with Crippen molar-refractivity contribution in [3.63, 3.8) is 0 Å². The summed E-state index contributed by atoms with van der Waals surface area (Å²) in [7, 11) is 0. The van der Waals surface area contributed by atoms with Crippen LogP contribution in [0.4, 0.5) is 0 Å². The molecule has 68 valence electrons. The molecule has 2 aromatic heterocycles. The monoisotopic (exact) mass is 212 g/mol. The number of nitrogens with zero attached hydrogens (tertiary/aromatic N) is 2.